The Morgan fingerprint density at radius 3 is 2.38 bits per heavy atom. The second-order valence-corrected chi connectivity index (χ2v) is 4.23. The van der Waals surface area contributed by atoms with E-state index in [2.05, 4.69) is 25.7 Å². The van der Waals surface area contributed by atoms with Gasteiger partial charge in [0, 0.05) is 12.6 Å². The van der Waals surface area contributed by atoms with Crippen LogP contribution in [0.4, 0.5) is 0 Å². The van der Waals surface area contributed by atoms with Crippen LogP contribution in [0.15, 0.2) is 24.3 Å². The van der Waals surface area contributed by atoms with Gasteiger partial charge in [0.15, 0.2) is 0 Å². The third-order valence-corrected chi connectivity index (χ3v) is 2.84. The zero-order chi connectivity index (χ0) is 12.1. The van der Waals surface area contributed by atoms with Crippen LogP contribution < -0.4 is 5.46 Å². The van der Waals surface area contributed by atoms with Crippen LogP contribution in [0.2, 0.25) is 0 Å². The van der Waals surface area contributed by atoms with E-state index in [-0.39, 0.29) is 0 Å². The van der Waals surface area contributed by atoms with Gasteiger partial charge in [-0.15, -0.1) is 0 Å². The molecule has 88 valence electrons. The lowest BCUT2D eigenvalue weighted by Gasteiger charge is -2.25. The smallest absolute Gasteiger partial charge is 0.423 e. The Labute approximate surface area is 97.9 Å². The van der Waals surface area contributed by atoms with E-state index >= 15 is 0 Å². The van der Waals surface area contributed by atoms with Crippen LogP contribution in [-0.4, -0.2) is 34.7 Å². The van der Waals surface area contributed by atoms with Crippen LogP contribution in [0.25, 0.3) is 0 Å². The summed E-state index contributed by atoms with van der Waals surface area (Å²) in [6.45, 7) is 8.09. The highest BCUT2D eigenvalue weighted by atomic mass is 16.4. The lowest BCUT2D eigenvalue weighted by molar-refractivity contribution is 0.225. The van der Waals surface area contributed by atoms with Crippen molar-refractivity contribution >= 4 is 12.6 Å². The number of benzene rings is 1. The number of nitrogens with zero attached hydrogens (tertiary/aromatic N) is 1. The highest BCUT2D eigenvalue weighted by molar-refractivity contribution is 6.59. The van der Waals surface area contributed by atoms with E-state index in [9.17, 15) is 10.0 Å². The van der Waals surface area contributed by atoms with E-state index in [1.54, 1.807) is 6.07 Å². The molecule has 0 amide bonds. The van der Waals surface area contributed by atoms with E-state index < -0.39 is 7.12 Å². The Hall–Kier alpha value is -0.835. The lowest BCUT2D eigenvalue weighted by Crippen LogP contribution is -2.37. The molecule has 0 radical (unpaired) electrons. The minimum atomic E-state index is -1.39. The summed E-state index contributed by atoms with van der Waals surface area (Å²) in [6, 6.07) is 7.90. The summed E-state index contributed by atoms with van der Waals surface area (Å²) >= 11 is 0. The average molecular weight is 221 g/mol. The standard InChI is InChI=1S/C12H20BNO2/c1-4-14(10(2)3)9-11-7-5-6-8-12(11)13(15)16/h5-8,10,15-16H,4,9H2,1-3H3. The molecule has 0 saturated heterocycles. The maximum absolute atomic E-state index is 9.27. The van der Waals surface area contributed by atoms with Gasteiger partial charge in [-0.25, -0.2) is 0 Å². The fourth-order valence-corrected chi connectivity index (χ4v) is 1.81. The van der Waals surface area contributed by atoms with Gasteiger partial charge in [-0.2, -0.15) is 0 Å². The molecule has 0 unspecified atom stereocenters. The van der Waals surface area contributed by atoms with Crippen molar-refractivity contribution in [1.29, 1.82) is 0 Å². The van der Waals surface area contributed by atoms with Crippen molar-refractivity contribution in [1.82, 2.24) is 4.90 Å². The highest BCUT2D eigenvalue weighted by Gasteiger charge is 2.17. The van der Waals surface area contributed by atoms with Gasteiger partial charge in [0.25, 0.3) is 0 Å². The van der Waals surface area contributed by atoms with E-state index in [1.165, 1.54) is 0 Å². The van der Waals surface area contributed by atoms with Gasteiger partial charge in [-0.3, -0.25) is 4.90 Å². The van der Waals surface area contributed by atoms with Gasteiger partial charge in [0.1, 0.15) is 0 Å². The Morgan fingerprint density at radius 1 is 1.25 bits per heavy atom. The fraction of sp³-hybridized carbons (Fsp3) is 0.500. The van der Waals surface area contributed by atoms with Crippen molar-refractivity contribution in [2.24, 2.45) is 0 Å². The predicted molar refractivity (Wildman–Crippen MR) is 67.5 cm³/mol. The Morgan fingerprint density at radius 2 is 1.88 bits per heavy atom. The molecule has 0 aliphatic carbocycles. The van der Waals surface area contributed by atoms with Crippen molar-refractivity contribution in [2.75, 3.05) is 6.54 Å². The van der Waals surface area contributed by atoms with Gasteiger partial charge >= 0.3 is 7.12 Å². The maximum atomic E-state index is 9.27. The number of hydrogen-bond donors (Lipinski definition) is 2. The minimum absolute atomic E-state index is 0.453. The third kappa shape index (κ3) is 3.34. The summed E-state index contributed by atoms with van der Waals surface area (Å²) in [5.74, 6) is 0. The summed E-state index contributed by atoms with van der Waals surface area (Å²) < 4.78 is 0. The van der Waals surface area contributed by atoms with Gasteiger partial charge in [-0.05, 0) is 31.4 Å². The second kappa shape index (κ2) is 6.04. The normalized spacial score (nSPS) is 11.2. The molecule has 0 heterocycles. The molecule has 3 nitrogen and oxygen atoms in total. The van der Waals surface area contributed by atoms with E-state index in [1.807, 2.05) is 18.2 Å². The van der Waals surface area contributed by atoms with Crippen LogP contribution in [0.1, 0.15) is 26.3 Å². The van der Waals surface area contributed by atoms with Gasteiger partial charge in [-0.1, -0.05) is 31.2 Å². The molecule has 0 aromatic heterocycles. The summed E-state index contributed by atoms with van der Waals surface area (Å²) in [4.78, 5) is 2.28. The van der Waals surface area contributed by atoms with Crippen molar-refractivity contribution in [3.05, 3.63) is 29.8 Å². The molecule has 1 aromatic rings. The molecule has 0 saturated carbocycles. The van der Waals surface area contributed by atoms with Crippen molar-refractivity contribution in [3.63, 3.8) is 0 Å². The molecule has 0 atom stereocenters. The first-order valence-corrected chi connectivity index (χ1v) is 5.74. The molecule has 0 bridgehead atoms. The molecule has 0 aliphatic heterocycles. The van der Waals surface area contributed by atoms with Crippen molar-refractivity contribution in [2.45, 2.75) is 33.4 Å². The molecule has 4 heteroatoms. The van der Waals surface area contributed by atoms with E-state index in [4.69, 9.17) is 0 Å². The molecule has 0 spiro atoms. The van der Waals surface area contributed by atoms with Crippen LogP contribution in [0.3, 0.4) is 0 Å². The summed E-state index contributed by atoms with van der Waals surface area (Å²) in [6.07, 6.45) is 0. The molecular formula is C12H20BNO2. The van der Waals surface area contributed by atoms with Crippen LogP contribution >= 0.6 is 0 Å². The fourth-order valence-electron chi connectivity index (χ4n) is 1.81. The number of rotatable bonds is 5. The van der Waals surface area contributed by atoms with Crippen molar-refractivity contribution in [3.8, 4) is 0 Å². The highest BCUT2D eigenvalue weighted by Crippen LogP contribution is 2.06. The first kappa shape index (κ1) is 13.2. The molecule has 0 fully saturated rings. The minimum Gasteiger partial charge on any atom is -0.423 e. The first-order valence-electron chi connectivity index (χ1n) is 5.74. The lowest BCUT2D eigenvalue weighted by atomic mass is 9.77. The van der Waals surface area contributed by atoms with Crippen LogP contribution in [0.5, 0.6) is 0 Å². The quantitative estimate of drug-likeness (QED) is 0.715. The molecule has 1 aromatic carbocycles. The molecular weight excluding hydrogens is 201 g/mol. The largest absolute Gasteiger partial charge is 0.488 e. The SMILES string of the molecule is CCN(Cc1ccccc1B(O)O)C(C)C. The monoisotopic (exact) mass is 221 g/mol. The second-order valence-electron chi connectivity index (χ2n) is 4.23. The summed E-state index contributed by atoms with van der Waals surface area (Å²) in [5.41, 5.74) is 1.58. The zero-order valence-electron chi connectivity index (χ0n) is 10.2. The molecule has 0 aliphatic rings. The molecule has 1 rings (SSSR count). The third-order valence-electron chi connectivity index (χ3n) is 2.84. The average Bonchev–Trinajstić information content (AvgIpc) is 2.25. The maximum Gasteiger partial charge on any atom is 0.488 e. The van der Waals surface area contributed by atoms with E-state index in [0.717, 1.165) is 18.7 Å². The van der Waals surface area contributed by atoms with Gasteiger partial charge in [0.2, 0.25) is 0 Å². The Balaban J connectivity index is 2.87. The molecule has 2 N–H and O–H groups in total. The molecule has 16 heavy (non-hydrogen) atoms. The predicted octanol–water partition coefficient (Wildman–Crippen LogP) is 0.597. The topological polar surface area (TPSA) is 43.7 Å². The van der Waals surface area contributed by atoms with Gasteiger partial charge < -0.3 is 10.0 Å². The Kier molecular flexibility index (Phi) is 4.99. The van der Waals surface area contributed by atoms with Crippen LogP contribution in [-0.2, 0) is 6.54 Å². The van der Waals surface area contributed by atoms with E-state index in [0.29, 0.717) is 11.5 Å². The number of hydrogen-bond acceptors (Lipinski definition) is 3. The summed E-state index contributed by atoms with van der Waals surface area (Å²) in [5, 5.41) is 18.5. The van der Waals surface area contributed by atoms with Crippen LogP contribution in [0, 0.1) is 0 Å². The first-order chi connectivity index (χ1) is 7.56. The Bertz CT molecular complexity index is 329. The summed E-state index contributed by atoms with van der Waals surface area (Å²) in [7, 11) is -1.39. The van der Waals surface area contributed by atoms with Crippen molar-refractivity contribution < 1.29 is 10.0 Å². The zero-order valence-corrected chi connectivity index (χ0v) is 10.2. The van der Waals surface area contributed by atoms with Gasteiger partial charge in [0.05, 0.1) is 0 Å².